The summed E-state index contributed by atoms with van der Waals surface area (Å²) < 4.78 is 13.5. The Labute approximate surface area is 120 Å². The van der Waals surface area contributed by atoms with Gasteiger partial charge >= 0.3 is 0 Å². The van der Waals surface area contributed by atoms with Crippen molar-refractivity contribution < 1.29 is 9.18 Å². The summed E-state index contributed by atoms with van der Waals surface area (Å²) in [5, 5.41) is 2.47. The molecule has 20 heavy (non-hydrogen) atoms. The van der Waals surface area contributed by atoms with E-state index in [9.17, 15) is 9.18 Å². The van der Waals surface area contributed by atoms with Gasteiger partial charge in [0.05, 0.1) is 16.9 Å². The van der Waals surface area contributed by atoms with E-state index in [-0.39, 0.29) is 10.7 Å². The minimum Gasteiger partial charge on any atom is -0.392 e. The summed E-state index contributed by atoms with van der Waals surface area (Å²) in [5.74, 6) is -1.90. The second-order valence-electron chi connectivity index (χ2n) is 4.09. The van der Waals surface area contributed by atoms with Crippen molar-refractivity contribution in [2.24, 2.45) is 5.73 Å². The number of nitrogens with two attached hydrogens (primary N) is 1. The van der Waals surface area contributed by atoms with E-state index in [2.05, 4.69) is 10.3 Å². The molecule has 2 aromatic rings. The number of rotatable bonds is 4. The lowest BCUT2D eigenvalue weighted by Gasteiger charge is -2.16. The van der Waals surface area contributed by atoms with Crippen LogP contribution in [0.5, 0.6) is 0 Å². The van der Waals surface area contributed by atoms with Gasteiger partial charge in [-0.2, -0.15) is 0 Å². The van der Waals surface area contributed by atoms with Gasteiger partial charge in [0.15, 0.2) is 5.82 Å². The highest BCUT2D eigenvalue weighted by molar-refractivity contribution is 7.80. The van der Waals surface area contributed by atoms with Crippen LogP contribution >= 0.6 is 12.2 Å². The second-order valence-corrected chi connectivity index (χ2v) is 4.56. The molecule has 0 saturated heterocycles. The third-order valence-electron chi connectivity index (χ3n) is 2.71. The highest BCUT2D eigenvalue weighted by atomic mass is 32.1. The standard InChI is InChI=1S/C14H12FN3OS/c15-10-8-17-7-6-11(10)18-14(19)12(13(16)20)9-4-2-1-3-5-9/h1-8,12H,(H2,16,20)(H,17,18,19). The summed E-state index contributed by atoms with van der Waals surface area (Å²) in [6.45, 7) is 0. The van der Waals surface area contributed by atoms with Gasteiger partial charge in [0.25, 0.3) is 0 Å². The van der Waals surface area contributed by atoms with E-state index in [0.717, 1.165) is 6.20 Å². The van der Waals surface area contributed by atoms with E-state index in [4.69, 9.17) is 18.0 Å². The average Bonchev–Trinajstić information content (AvgIpc) is 2.42. The van der Waals surface area contributed by atoms with Crippen LogP contribution in [0.3, 0.4) is 0 Å². The number of halogens is 1. The topological polar surface area (TPSA) is 68.0 Å². The van der Waals surface area contributed by atoms with Gasteiger partial charge in [-0.25, -0.2) is 4.39 Å². The monoisotopic (exact) mass is 289 g/mol. The first kappa shape index (κ1) is 14.1. The summed E-state index contributed by atoms with van der Waals surface area (Å²) in [5.41, 5.74) is 6.33. The Bertz CT molecular complexity index is 633. The number of carbonyl (C=O) groups excluding carboxylic acids is 1. The lowest BCUT2D eigenvalue weighted by atomic mass is 9.98. The molecule has 0 aliphatic heterocycles. The van der Waals surface area contributed by atoms with E-state index < -0.39 is 17.6 Å². The van der Waals surface area contributed by atoms with Crippen molar-refractivity contribution in [2.75, 3.05) is 5.32 Å². The Hall–Kier alpha value is -2.34. The molecule has 1 atom stereocenters. The third kappa shape index (κ3) is 3.16. The number of hydrogen-bond donors (Lipinski definition) is 2. The fourth-order valence-electron chi connectivity index (χ4n) is 1.77. The molecule has 6 heteroatoms. The zero-order valence-corrected chi connectivity index (χ0v) is 11.2. The van der Waals surface area contributed by atoms with Gasteiger partial charge < -0.3 is 11.1 Å². The van der Waals surface area contributed by atoms with Crippen molar-refractivity contribution in [3.63, 3.8) is 0 Å². The van der Waals surface area contributed by atoms with Crippen LogP contribution in [0, 0.1) is 5.82 Å². The number of thiocarbonyl (C=S) groups is 1. The molecule has 1 unspecified atom stereocenters. The molecule has 0 spiro atoms. The molecule has 0 bridgehead atoms. The van der Waals surface area contributed by atoms with Crippen molar-refractivity contribution in [3.05, 3.63) is 60.2 Å². The molecule has 1 heterocycles. The first-order valence-corrected chi connectivity index (χ1v) is 6.25. The molecular weight excluding hydrogens is 277 g/mol. The van der Waals surface area contributed by atoms with Gasteiger partial charge in [0, 0.05) is 6.20 Å². The third-order valence-corrected chi connectivity index (χ3v) is 2.95. The zero-order valence-electron chi connectivity index (χ0n) is 10.4. The largest absolute Gasteiger partial charge is 0.392 e. The first-order valence-electron chi connectivity index (χ1n) is 5.84. The number of hydrogen-bond acceptors (Lipinski definition) is 3. The smallest absolute Gasteiger partial charge is 0.238 e. The van der Waals surface area contributed by atoms with Crippen LogP contribution in [0.2, 0.25) is 0 Å². The fourth-order valence-corrected chi connectivity index (χ4v) is 2.01. The number of benzene rings is 1. The first-order chi connectivity index (χ1) is 9.59. The number of pyridine rings is 1. The predicted molar refractivity (Wildman–Crippen MR) is 78.8 cm³/mol. The van der Waals surface area contributed by atoms with Crippen LogP contribution in [0.1, 0.15) is 11.5 Å². The Morgan fingerprint density at radius 1 is 1.30 bits per heavy atom. The number of aromatic nitrogens is 1. The maximum atomic E-state index is 13.5. The minimum absolute atomic E-state index is 0.0307. The number of carbonyl (C=O) groups is 1. The van der Waals surface area contributed by atoms with Crippen LogP contribution in [-0.4, -0.2) is 15.9 Å². The van der Waals surface area contributed by atoms with E-state index in [1.54, 1.807) is 24.3 Å². The summed E-state index contributed by atoms with van der Waals surface area (Å²) in [6.07, 6.45) is 2.41. The number of nitrogens with zero attached hydrogens (tertiary/aromatic N) is 1. The van der Waals surface area contributed by atoms with Crippen molar-refractivity contribution in [1.82, 2.24) is 4.98 Å². The number of anilines is 1. The van der Waals surface area contributed by atoms with Crippen molar-refractivity contribution >= 4 is 28.8 Å². The molecule has 102 valence electrons. The maximum absolute atomic E-state index is 13.5. The van der Waals surface area contributed by atoms with Crippen LogP contribution in [0.25, 0.3) is 0 Å². The predicted octanol–water partition coefficient (Wildman–Crippen LogP) is 2.23. The summed E-state index contributed by atoms with van der Waals surface area (Å²) >= 11 is 4.94. The molecule has 2 rings (SSSR count). The van der Waals surface area contributed by atoms with Gasteiger partial charge in [-0.3, -0.25) is 9.78 Å². The second kappa shape index (κ2) is 6.21. The van der Waals surface area contributed by atoms with Crippen LogP contribution in [0.15, 0.2) is 48.8 Å². The Kier molecular flexibility index (Phi) is 4.37. The molecule has 0 saturated carbocycles. The average molecular weight is 289 g/mol. The quantitative estimate of drug-likeness (QED) is 0.847. The summed E-state index contributed by atoms with van der Waals surface area (Å²) in [6, 6.07) is 10.2. The van der Waals surface area contributed by atoms with E-state index >= 15 is 0 Å². The molecular formula is C14H12FN3OS. The van der Waals surface area contributed by atoms with Crippen LogP contribution in [-0.2, 0) is 4.79 Å². The Morgan fingerprint density at radius 3 is 2.60 bits per heavy atom. The molecule has 4 nitrogen and oxygen atoms in total. The molecule has 0 aliphatic carbocycles. The van der Waals surface area contributed by atoms with Gasteiger partial charge in [-0.15, -0.1) is 0 Å². The molecule has 0 aliphatic rings. The van der Waals surface area contributed by atoms with Gasteiger partial charge in [-0.1, -0.05) is 42.5 Å². The Morgan fingerprint density at radius 2 is 2.00 bits per heavy atom. The highest BCUT2D eigenvalue weighted by Gasteiger charge is 2.24. The zero-order chi connectivity index (χ0) is 14.5. The SMILES string of the molecule is NC(=S)C(C(=O)Nc1ccncc1F)c1ccccc1. The summed E-state index contributed by atoms with van der Waals surface area (Å²) in [7, 11) is 0. The number of amides is 1. The molecule has 0 radical (unpaired) electrons. The molecule has 0 fully saturated rings. The molecule has 1 aromatic heterocycles. The Balaban J connectivity index is 2.25. The van der Waals surface area contributed by atoms with E-state index in [1.165, 1.54) is 12.3 Å². The molecule has 1 amide bonds. The minimum atomic E-state index is -0.807. The van der Waals surface area contributed by atoms with Crippen molar-refractivity contribution in [3.8, 4) is 0 Å². The van der Waals surface area contributed by atoms with Crippen molar-refractivity contribution in [2.45, 2.75) is 5.92 Å². The van der Waals surface area contributed by atoms with Gasteiger partial charge in [0.1, 0.15) is 5.92 Å². The lowest BCUT2D eigenvalue weighted by Crippen LogP contribution is -2.31. The number of nitrogens with one attached hydrogen (secondary N) is 1. The molecule has 1 aromatic carbocycles. The highest BCUT2D eigenvalue weighted by Crippen LogP contribution is 2.20. The van der Waals surface area contributed by atoms with Crippen LogP contribution < -0.4 is 11.1 Å². The van der Waals surface area contributed by atoms with Crippen LogP contribution in [0.4, 0.5) is 10.1 Å². The lowest BCUT2D eigenvalue weighted by molar-refractivity contribution is -0.116. The van der Waals surface area contributed by atoms with Gasteiger partial charge in [-0.05, 0) is 11.6 Å². The summed E-state index contributed by atoms with van der Waals surface area (Å²) in [4.78, 5) is 15.9. The maximum Gasteiger partial charge on any atom is 0.238 e. The molecule has 3 N–H and O–H groups in total. The fraction of sp³-hybridized carbons (Fsp3) is 0.0714. The van der Waals surface area contributed by atoms with E-state index in [1.807, 2.05) is 6.07 Å². The van der Waals surface area contributed by atoms with Gasteiger partial charge in [0.2, 0.25) is 5.91 Å². The van der Waals surface area contributed by atoms with Crippen molar-refractivity contribution in [1.29, 1.82) is 0 Å². The normalized spacial score (nSPS) is 11.7. The van der Waals surface area contributed by atoms with E-state index in [0.29, 0.717) is 5.56 Å².